The Hall–Kier alpha value is -2.75. The summed E-state index contributed by atoms with van der Waals surface area (Å²) in [5, 5.41) is 0. The quantitative estimate of drug-likeness (QED) is 0.254. The molecule has 2 aromatic heterocycles. The average Bonchev–Trinajstić information content (AvgIpc) is 2.97. The zero-order valence-corrected chi connectivity index (χ0v) is 22.0. The minimum absolute atomic E-state index is 0. The van der Waals surface area contributed by atoms with Gasteiger partial charge in [0.25, 0.3) is 0 Å². The van der Waals surface area contributed by atoms with Crippen LogP contribution in [0, 0.1) is 13.0 Å². The van der Waals surface area contributed by atoms with E-state index in [0.717, 1.165) is 28.8 Å². The van der Waals surface area contributed by atoms with E-state index >= 15 is 0 Å². The number of hydrogen-bond donors (Lipinski definition) is 0. The molecule has 0 bridgehead atoms. The second-order valence-electron chi connectivity index (χ2n) is 9.95. The SMILES string of the molecule is Cc1nc(-c2ccccc2)nc(-c2ccc(-c3[c-]cc4c(c3)C(C)(C)CC4(C)C)nc2)n1.[Ir]. The molecule has 0 unspecified atom stereocenters. The van der Waals surface area contributed by atoms with Gasteiger partial charge in [0, 0.05) is 37.4 Å². The first-order chi connectivity index (χ1) is 15.2. The summed E-state index contributed by atoms with van der Waals surface area (Å²) in [6.07, 6.45) is 2.98. The summed E-state index contributed by atoms with van der Waals surface area (Å²) in [6, 6.07) is 21.9. The van der Waals surface area contributed by atoms with Crippen LogP contribution in [-0.2, 0) is 30.9 Å². The Kier molecular flexibility index (Phi) is 6.07. The molecule has 169 valence electrons. The van der Waals surface area contributed by atoms with Gasteiger partial charge in [-0.15, -0.1) is 34.9 Å². The Balaban J connectivity index is 0.00000259. The van der Waals surface area contributed by atoms with Crippen LogP contribution in [-0.4, -0.2) is 19.9 Å². The summed E-state index contributed by atoms with van der Waals surface area (Å²) in [5.74, 6) is 2.00. The van der Waals surface area contributed by atoms with Crippen LogP contribution in [0.2, 0.25) is 0 Å². The molecule has 0 saturated heterocycles. The number of fused-ring (bicyclic) bond motifs is 1. The summed E-state index contributed by atoms with van der Waals surface area (Å²) in [7, 11) is 0. The maximum absolute atomic E-state index is 4.74. The van der Waals surface area contributed by atoms with E-state index < -0.39 is 0 Å². The third-order valence-electron chi connectivity index (χ3n) is 6.37. The van der Waals surface area contributed by atoms with Crippen molar-refractivity contribution in [2.24, 2.45) is 0 Å². The van der Waals surface area contributed by atoms with Gasteiger partial charge < -0.3 is 4.98 Å². The minimum Gasteiger partial charge on any atom is -0.304 e. The van der Waals surface area contributed by atoms with Crippen LogP contribution >= 0.6 is 0 Å². The Morgan fingerprint density at radius 1 is 0.788 bits per heavy atom. The molecule has 0 aliphatic heterocycles. The van der Waals surface area contributed by atoms with Crippen molar-refractivity contribution < 1.29 is 20.1 Å². The van der Waals surface area contributed by atoms with Gasteiger partial charge in [-0.3, -0.25) is 0 Å². The van der Waals surface area contributed by atoms with Gasteiger partial charge in [-0.05, 0) is 29.9 Å². The predicted molar refractivity (Wildman–Crippen MR) is 128 cm³/mol. The summed E-state index contributed by atoms with van der Waals surface area (Å²) in [5.41, 5.74) is 6.92. The van der Waals surface area contributed by atoms with Gasteiger partial charge in [0.15, 0.2) is 11.6 Å². The van der Waals surface area contributed by atoms with Crippen LogP contribution < -0.4 is 0 Å². The first-order valence-corrected chi connectivity index (χ1v) is 11.0. The van der Waals surface area contributed by atoms with Gasteiger partial charge in [0.05, 0.1) is 0 Å². The summed E-state index contributed by atoms with van der Waals surface area (Å²) in [4.78, 5) is 18.5. The van der Waals surface area contributed by atoms with Crippen LogP contribution in [0.3, 0.4) is 0 Å². The molecule has 0 N–H and O–H groups in total. The third kappa shape index (κ3) is 4.40. The van der Waals surface area contributed by atoms with Gasteiger partial charge in [-0.25, -0.2) is 15.0 Å². The fourth-order valence-corrected chi connectivity index (χ4v) is 5.07. The van der Waals surface area contributed by atoms with E-state index in [1.165, 1.54) is 11.1 Å². The first-order valence-electron chi connectivity index (χ1n) is 11.0. The van der Waals surface area contributed by atoms with Gasteiger partial charge >= 0.3 is 0 Å². The van der Waals surface area contributed by atoms with Gasteiger partial charge in [0.2, 0.25) is 0 Å². The molecule has 0 saturated carbocycles. The molecule has 0 spiro atoms. The second-order valence-corrected chi connectivity index (χ2v) is 9.95. The maximum Gasteiger partial charge on any atom is 0.165 e. The van der Waals surface area contributed by atoms with Crippen molar-refractivity contribution in [3.05, 3.63) is 83.8 Å². The fourth-order valence-electron chi connectivity index (χ4n) is 5.07. The molecule has 0 atom stereocenters. The number of aryl methyl sites for hydroxylation is 1. The fraction of sp³-hybridized carbons (Fsp3) is 0.286. The smallest absolute Gasteiger partial charge is 0.165 e. The molecule has 1 radical (unpaired) electrons. The standard InChI is InChI=1S/C28H27N4.Ir/c1-18-30-25(19-9-7-6-8-10-19)32-26(31-18)21-12-14-24(29-16-21)20-11-13-22-23(15-20)28(4,5)17-27(22,2)3;/h6-10,12-16H,17H2,1-5H3;/q-1;. The van der Waals surface area contributed by atoms with Crippen molar-refractivity contribution in [1.82, 2.24) is 19.9 Å². The molecule has 1 aliphatic rings. The van der Waals surface area contributed by atoms with Crippen LogP contribution in [0.15, 0.2) is 60.8 Å². The largest absolute Gasteiger partial charge is 0.304 e. The van der Waals surface area contributed by atoms with Crippen LogP contribution in [0.5, 0.6) is 0 Å². The zero-order valence-electron chi connectivity index (χ0n) is 19.6. The molecule has 1 aliphatic carbocycles. The maximum atomic E-state index is 4.74. The summed E-state index contributed by atoms with van der Waals surface area (Å²) < 4.78 is 0. The Bertz CT molecular complexity index is 1300. The molecule has 33 heavy (non-hydrogen) atoms. The zero-order chi connectivity index (χ0) is 22.5. The molecule has 2 aromatic carbocycles. The number of rotatable bonds is 3. The van der Waals surface area contributed by atoms with E-state index in [4.69, 9.17) is 4.98 Å². The minimum atomic E-state index is 0. The number of hydrogen-bond acceptors (Lipinski definition) is 4. The van der Waals surface area contributed by atoms with E-state index in [2.05, 4.69) is 60.8 Å². The molecule has 5 heteroatoms. The summed E-state index contributed by atoms with van der Waals surface area (Å²) >= 11 is 0. The Morgan fingerprint density at radius 3 is 2.12 bits per heavy atom. The van der Waals surface area contributed by atoms with Crippen molar-refractivity contribution in [2.45, 2.75) is 51.9 Å². The van der Waals surface area contributed by atoms with Gasteiger partial charge in [-0.1, -0.05) is 70.2 Å². The molecule has 2 heterocycles. The molecule has 0 fully saturated rings. The van der Waals surface area contributed by atoms with Crippen LogP contribution in [0.4, 0.5) is 0 Å². The van der Waals surface area contributed by atoms with Crippen molar-refractivity contribution in [3.63, 3.8) is 0 Å². The van der Waals surface area contributed by atoms with Crippen LogP contribution in [0.1, 0.15) is 51.1 Å². The van der Waals surface area contributed by atoms with Crippen LogP contribution in [0.25, 0.3) is 34.0 Å². The number of nitrogens with zero attached hydrogens (tertiary/aromatic N) is 4. The second kappa shape index (κ2) is 8.55. The average molecular weight is 612 g/mol. The monoisotopic (exact) mass is 612 g/mol. The first kappa shape index (κ1) is 23.4. The van der Waals surface area contributed by atoms with E-state index in [1.54, 1.807) is 0 Å². The summed E-state index contributed by atoms with van der Waals surface area (Å²) in [6.45, 7) is 11.2. The van der Waals surface area contributed by atoms with E-state index in [-0.39, 0.29) is 30.9 Å². The van der Waals surface area contributed by atoms with E-state index in [9.17, 15) is 0 Å². The predicted octanol–water partition coefficient (Wildman–Crippen LogP) is 6.33. The number of benzene rings is 2. The molecular weight excluding hydrogens is 585 g/mol. The molecular formula is C28H27IrN4-. The van der Waals surface area contributed by atoms with Crippen molar-refractivity contribution in [3.8, 4) is 34.0 Å². The molecule has 0 amide bonds. The number of aromatic nitrogens is 4. The van der Waals surface area contributed by atoms with E-state index in [1.807, 2.05) is 55.6 Å². The molecule has 4 aromatic rings. The number of pyridine rings is 1. The Morgan fingerprint density at radius 2 is 1.45 bits per heavy atom. The Labute approximate surface area is 209 Å². The van der Waals surface area contributed by atoms with Crippen molar-refractivity contribution in [2.75, 3.05) is 0 Å². The van der Waals surface area contributed by atoms with Crippen molar-refractivity contribution in [1.29, 1.82) is 0 Å². The van der Waals surface area contributed by atoms with Gasteiger partial charge in [0.1, 0.15) is 5.82 Å². The van der Waals surface area contributed by atoms with E-state index in [0.29, 0.717) is 17.5 Å². The topological polar surface area (TPSA) is 51.6 Å². The normalized spacial score (nSPS) is 15.5. The van der Waals surface area contributed by atoms with Gasteiger partial charge in [-0.2, -0.15) is 0 Å². The molecule has 5 rings (SSSR count). The molecule has 4 nitrogen and oxygen atoms in total. The van der Waals surface area contributed by atoms with Crippen molar-refractivity contribution >= 4 is 0 Å². The third-order valence-corrected chi connectivity index (χ3v) is 6.37.